The van der Waals surface area contributed by atoms with Gasteiger partial charge in [-0.25, -0.2) is 8.42 Å². The molecule has 0 heterocycles. The molecule has 2 atom stereocenters. The summed E-state index contributed by atoms with van der Waals surface area (Å²) in [4.78, 5) is 22.1. The van der Waals surface area contributed by atoms with Crippen molar-refractivity contribution in [3.05, 3.63) is 0 Å². The first-order valence-electron chi connectivity index (χ1n) is 5.33. The van der Waals surface area contributed by atoms with E-state index in [9.17, 15) is 18.0 Å². The Bertz CT molecular complexity index is 376. The Morgan fingerprint density at radius 2 is 1.76 bits per heavy atom. The molecule has 2 N–H and O–H groups in total. The molecule has 17 heavy (non-hydrogen) atoms. The molecule has 7 heteroatoms. The van der Waals surface area contributed by atoms with Crippen molar-refractivity contribution in [1.29, 1.82) is 0 Å². The third kappa shape index (κ3) is 6.93. The van der Waals surface area contributed by atoms with Gasteiger partial charge in [0.25, 0.3) is 0 Å². The number of nitrogens with one attached hydrogen (secondary N) is 1. The minimum Gasteiger partial charge on any atom is -0.481 e. The second-order valence-corrected chi connectivity index (χ2v) is 6.45. The van der Waals surface area contributed by atoms with Gasteiger partial charge in [-0.15, -0.1) is 0 Å². The van der Waals surface area contributed by atoms with Gasteiger partial charge < -0.3 is 10.4 Å². The van der Waals surface area contributed by atoms with Gasteiger partial charge in [-0.1, -0.05) is 13.8 Å². The summed E-state index contributed by atoms with van der Waals surface area (Å²) in [6, 6.07) is 0. The van der Waals surface area contributed by atoms with Crippen molar-refractivity contribution in [2.75, 3.05) is 18.6 Å². The normalized spacial score (nSPS) is 15.0. The maximum atomic E-state index is 11.5. The number of hydrogen-bond donors (Lipinski definition) is 2. The molecule has 0 radical (unpaired) electrons. The average Bonchev–Trinajstić information content (AvgIpc) is 2.20. The molecule has 0 aliphatic rings. The van der Waals surface area contributed by atoms with Crippen molar-refractivity contribution in [3.8, 4) is 0 Å². The predicted molar refractivity (Wildman–Crippen MR) is 63.3 cm³/mol. The van der Waals surface area contributed by atoms with Crippen molar-refractivity contribution >= 4 is 21.7 Å². The predicted octanol–water partition coefficient (Wildman–Crippen LogP) is -0.106. The van der Waals surface area contributed by atoms with Crippen molar-refractivity contribution in [2.45, 2.75) is 20.3 Å². The lowest BCUT2D eigenvalue weighted by atomic mass is 9.95. The molecule has 0 aliphatic carbocycles. The minimum absolute atomic E-state index is 0.0101. The van der Waals surface area contributed by atoms with Gasteiger partial charge in [-0.2, -0.15) is 0 Å². The number of carbonyl (C=O) groups is 2. The maximum Gasteiger partial charge on any atom is 0.307 e. The number of hydrogen-bond acceptors (Lipinski definition) is 4. The fraction of sp³-hybridized carbons (Fsp3) is 0.800. The SMILES string of the molecule is CC(C(=O)O)C(C)C(=O)NCCCS(C)(=O)=O. The molecular weight excluding hydrogens is 246 g/mol. The Morgan fingerprint density at radius 1 is 1.24 bits per heavy atom. The van der Waals surface area contributed by atoms with Crippen LogP contribution in [-0.2, 0) is 19.4 Å². The highest BCUT2D eigenvalue weighted by atomic mass is 32.2. The van der Waals surface area contributed by atoms with Crippen LogP contribution in [0.1, 0.15) is 20.3 Å². The highest BCUT2D eigenvalue weighted by Crippen LogP contribution is 2.10. The van der Waals surface area contributed by atoms with E-state index in [0.29, 0.717) is 6.42 Å². The Hall–Kier alpha value is -1.11. The monoisotopic (exact) mass is 265 g/mol. The number of carboxylic acid groups (broad SMARTS) is 1. The summed E-state index contributed by atoms with van der Waals surface area (Å²) in [5.41, 5.74) is 0. The van der Waals surface area contributed by atoms with E-state index in [1.165, 1.54) is 13.8 Å². The number of rotatable bonds is 7. The standard InChI is InChI=1S/C10H19NO5S/c1-7(8(2)10(13)14)9(12)11-5-4-6-17(3,15)16/h7-8H,4-6H2,1-3H3,(H,11,12)(H,13,14). The smallest absolute Gasteiger partial charge is 0.307 e. The van der Waals surface area contributed by atoms with E-state index in [1.807, 2.05) is 0 Å². The molecule has 0 aromatic carbocycles. The molecule has 1 amide bonds. The number of carboxylic acids is 1. The highest BCUT2D eigenvalue weighted by Gasteiger charge is 2.25. The molecule has 100 valence electrons. The molecule has 0 aliphatic heterocycles. The van der Waals surface area contributed by atoms with Gasteiger partial charge in [-0.05, 0) is 6.42 Å². The zero-order valence-electron chi connectivity index (χ0n) is 10.3. The van der Waals surface area contributed by atoms with E-state index in [2.05, 4.69) is 5.32 Å². The van der Waals surface area contributed by atoms with Gasteiger partial charge in [0.05, 0.1) is 11.7 Å². The van der Waals surface area contributed by atoms with Crippen molar-refractivity contribution in [1.82, 2.24) is 5.32 Å². The third-order valence-electron chi connectivity index (χ3n) is 2.54. The first-order chi connectivity index (χ1) is 7.65. The van der Waals surface area contributed by atoms with Crippen molar-refractivity contribution in [3.63, 3.8) is 0 Å². The summed E-state index contributed by atoms with van der Waals surface area (Å²) in [5, 5.41) is 11.2. The molecule has 2 unspecified atom stereocenters. The lowest BCUT2D eigenvalue weighted by molar-refractivity contribution is -0.146. The lowest BCUT2D eigenvalue weighted by Gasteiger charge is -2.15. The van der Waals surface area contributed by atoms with Crippen LogP contribution >= 0.6 is 0 Å². The van der Waals surface area contributed by atoms with Crippen LogP contribution < -0.4 is 5.32 Å². The molecule has 0 bridgehead atoms. The molecule has 0 aromatic heterocycles. The molecule has 0 aromatic rings. The van der Waals surface area contributed by atoms with Crippen molar-refractivity contribution in [2.24, 2.45) is 11.8 Å². The van der Waals surface area contributed by atoms with Crippen LogP contribution in [-0.4, -0.2) is 44.0 Å². The second-order valence-electron chi connectivity index (χ2n) is 4.19. The number of amides is 1. The first kappa shape index (κ1) is 15.9. The summed E-state index contributed by atoms with van der Waals surface area (Å²) >= 11 is 0. The Balaban J connectivity index is 3.99. The van der Waals surface area contributed by atoms with Crippen LogP contribution in [0.25, 0.3) is 0 Å². The van der Waals surface area contributed by atoms with E-state index in [4.69, 9.17) is 5.11 Å². The number of carbonyl (C=O) groups excluding carboxylic acids is 1. The molecule has 0 saturated carbocycles. The summed E-state index contributed by atoms with van der Waals surface area (Å²) in [6.45, 7) is 3.23. The van der Waals surface area contributed by atoms with Gasteiger partial charge in [0.2, 0.25) is 5.91 Å². The van der Waals surface area contributed by atoms with Crippen LogP contribution in [0.2, 0.25) is 0 Å². The zero-order chi connectivity index (χ0) is 13.6. The van der Waals surface area contributed by atoms with Crippen LogP contribution in [0.15, 0.2) is 0 Å². The Morgan fingerprint density at radius 3 is 2.18 bits per heavy atom. The first-order valence-corrected chi connectivity index (χ1v) is 7.39. The quantitative estimate of drug-likeness (QED) is 0.626. The van der Waals surface area contributed by atoms with Gasteiger partial charge in [0.1, 0.15) is 9.84 Å². The fourth-order valence-corrected chi connectivity index (χ4v) is 1.82. The largest absolute Gasteiger partial charge is 0.481 e. The second kappa shape index (κ2) is 6.58. The Labute approximate surface area is 101 Å². The van der Waals surface area contributed by atoms with Crippen molar-refractivity contribution < 1.29 is 23.1 Å². The van der Waals surface area contributed by atoms with E-state index >= 15 is 0 Å². The number of sulfone groups is 1. The summed E-state index contributed by atoms with van der Waals surface area (Å²) < 4.78 is 21.6. The Kier molecular flexibility index (Phi) is 6.15. The summed E-state index contributed by atoms with van der Waals surface area (Å²) in [6.07, 6.45) is 1.46. The summed E-state index contributed by atoms with van der Waals surface area (Å²) in [5.74, 6) is -2.77. The average molecular weight is 265 g/mol. The van der Waals surface area contributed by atoms with Crippen LogP contribution in [0.5, 0.6) is 0 Å². The third-order valence-corrected chi connectivity index (χ3v) is 3.57. The molecule has 0 saturated heterocycles. The molecule has 0 spiro atoms. The zero-order valence-corrected chi connectivity index (χ0v) is 11.1. The molecular formula is C10H19NO5S. The number of aliphatic carboxylic acids is 1. The van der Waals surface area contributed by atoms with Crippen LogP contribution in [0, 0.1) is 11.8 Å². The fourth-order valence-electron chi connectivity index (χ4n) is 1.15. The van der Waals surface area contributed by atoms with Gasteiger partial charge in [-0.3, -0.25) is 9.59 Å². The molecule has 6 nitrogen and oxygen atoms in total. The molecule has 0 fully saturated rings. The minimum atomic E-state index is -3.02. The molecule has 0 rings (SSSR count). The topological polar surface area (TPSA) is 101 Å². The van der Waals surface area contributed by atoms with E-state index in [0.717, 1.165) is 6.26 Å². The van der Waals surface area contributed by atoms with E-state index in [1.54, 1.807) is 0 Å². The summed E-state index contributed by atoms with van der Waals surface area (Å²) in [7, 11) is -3.02. The van der Waals surface area contributed by atoms with Crippen LogP contribution in [0.3, 0.4) is 0 Å². The van der Waals surface area contributed by atoms with Gasteiger partial charge in [0, 0.05) is 18.7 Å². The van der Waals surface area contributed by atoms with E-state index in [-0.39, 0.29) is 18.2 Å². The van der Waals surface area contributed by atoms with Gasteiger partial charge in [0.15, 0.2) is 0 Å². The lowest BCUT2D eigenvalue weighted by Crippen LogP contribution is -2.36. The maximum absolute atomic E-state index is 11.5. The van der Waals surface area contributed by atoms with Crippen LogP contribution in [0.4, 0.5) is 0 Å². The highest BCUT2D eigenvalue weighted by molar-refractivity contribution is 7.90. The van der Waals surface area contributed by atoms with E-state index < -0.39 is 27.6 Å². The van der Waals surface area contributed by atoms with Gasteiger partial charge >= 0.3 is 5.97 Å².